The predicted octanol–water partition coefficient (Wildman–Crippen LogP) is 0.795. The molecule has 0 spiro atoms. The Morgan fingerprint density at radius 3 is 2.44 bits per heavy atom. The van der Waals surface area contributed by atoms with Crippen molar-refractivity contribution in [3.05, 3.63) is 23.8 Å². The SMILES string of the molecule is COc1cc(OC)cc(C(=O)N[C@H]2CCNC2)c1. The summed E-state index contributed by atoms with van der Waals surface area (Å²) >= 11 is 0. The summed E-state index contributed by atoms with van der Waals surface area (Å²) in [5, 5.41) is 6.20. The molecule has 1 atom stereocenters. The Morgan fingerprint density at radius 2 is 1.94 bits per heavy atom. The highest BCUT2D eigenvalue weighted by molar-refractivity contribution is 5.95. The lowest BCUT2D eigenvalue weighted by Gasteiger charge is -2.13. The highest BCUT2D eigenvalue weighted by Gasteiger charge is 2.18. The molecule has 0 saturated carbocycles. The predicted molar refractivity (Wildman–Crippen MR) is 68.3 cm³/mol. The summed E-state index contributed by atoms with van der Waals surface area (Å²) in [7, 11) is 3.13. The van der Waals surface area contributed by atoms with Crippen LogP contribution >= 0.6 is 0 Å². The van der Waals surface area contributed by atoms with E-state index in [1.807, 2.05) is 0 Å². The van der Waals surface area contributed by atoms with Crippen LogP contribution in [0.3, 0.4) is 0 Å². The minimum absolute atomic E-state index is 0.0964. The molecular weight excluding hydrogens is 232 g/mol. The van der Waals surface area contributed by atoms with Crippen LogP contribution in [-0.2, 0) is 0 Å². The first-order chi connectivity index (χ1) is 8.72. The number of hydrogen-bond donors (Lipinski definition) is 2. The molecular formula is C13H18N2O3. The van der Waals surface area contributed by atoms with Crippen molar-refractivity contribution in [2.24, 2.45) is 0 Å². The van der Waals surface area contributed by atoms with Gasteiger partial charge in [0.1, 0.15) is 11.5 Å². The van der Waals surface area contributed by atoms with Crippen LogP contribution in [0.15, 0.2) is 18.2 Å². The molecule has 0 unspecified atom stereocenters. The van der Waals surface area contributed by atoms with Crippen LogP contribution in [0, 0.1) is 0 Å². The van der Waals surface area contributed by atoms with Gasteiger partial charge in [0, 0.05) is 24.2 Å². The Morgan fingerprint density at radius 1 is 1.28 bits per heavy atom. The Bertz CT molecular complexity index is 406. The van der Waals surface area contributed by atoms with Gasteiger partial charge < -0.3 is 20.1 Å². The van der Waals surface area contributed by atoms with Crippen molar-refractivity contribution in [2.75, 3.05) is 27.3 Å². The highest BCUT2D eigenvalue weighted by atomic mass is 16.5. The van der Waals surface area contributed by atoms with Gasteiger partial charge in [-0.05, 0) is 25.1 Å². The molecule has 5 heteroatoms. The molecule has 0 aromatic heterocycles. The zero-order valence-electron chi connectivity index (χ0n) is 10.7. The number of methoxy groups -OCH3 is 2. The summed E-state index contributed by atoms with van der Waals surface area (Å²) in [6.45, 7) is 1.78. The van der Waals surface area contributed by atoms with Crippen LogP contribution < -0.4 is 20.1 Å². The molecule has 1 aliphatic rings. The van der Waals surface area contributed by atoms with Crippen LogP contribution in [0.25, 0.3) is 0 Å². The van der Waals surface area contributed by atoms with Crippen molar-refractivity contribution < 1.29 is 14.3 Å². The first kappa shape index (κ1) is 12.7. The molecule has 1 fully saturated rings. The second-order valence-electron chi connectivity index (χ2n) is 4.26. The Kier molecular flexibility index (Phi) is 4.04. The van der Waals surface area contributed by atoms with Gasteiger partial charge in [0.2, 0.25) is 0 Å². The molecule has 5 nitrogen and oxygen atoms in total. The van der Waals surface area contributed by atoms with E-state index in [9.17, 15) is 4.79 Å². The summed E-state index contributed by atoms with van der Waals surface area (Å²) in [6, 6.07) is 5.36. The van der Waals surface area contributed by atoms with Gasteiger partial charge >= 0.3 is 0 Å². The van der Waals surface area contributed by atoms with Gasteiger partial charge in [0.25, 0.3) is 5.91 Å². The molecule has 0 aliphatic carbocycles. The van der Waals surface area contributed by atoms with Crippen LogP contribution in [0.1, 0.15) is 16.8 Å². The fraction of sp³-hybridized carbons (Fsp3) is 0.462. The molecule has 2 N–H and O–H groups in total. The maximum absolute atomic E-state index is 12.1. The fourth-order valence-corrected chi connectivity index (χ4v) is 1.99. The van der Waals surface area contributed by atoms with E-state index >= 15 is 0 Å². The largest absolute Gasteiger partial charge is 0.497 e. The number of benzene rings is 1. The third kappa shape index (κ3) is 2.92. The molecule has 1 aromatic rings. The Hall–Kier alpha value is -1.75. The first-order valence-corrected chi connectivity index (χ1v) is 5.97. The number of carbonyl (C=O) groups is 1. The number of carbonyl (C=O) groups excluding carboxylic acids is 1. The minimum Gasteiger partial charge on any atom is -0.497 e. The van der Waals surface area contributed by atoms with Crippen LogP contribution in [0.4, 0.5) is 0 Å². The van der Waals surface area contributed by atoms with Gasteiger partial charge in [-0.2, -0.15) is 0 Å². The average Bonchev–Trinajstić information content (AvgIpc) is 2.90. The van der Waals surface area contributed by atoms with Crippen molar-refractivity contribution in [3.8, 4) is 11.5 Å². The van der Waals surface area contributed by atoms with E-state index in [0.29, 0.717) is 17.1 Å². The summed E-state index contributed by atoms with van der Waals surface area (Å²) in [4.78, 5) is 12.1. The maximum atomic E-state index is 12.1. The van der Waals surface area contributed by atoms with Gasteiger partial charge in [-0.15, -0.1) is 0 Å². The van der Waals surface area contributed by atoms with Crippen LogP contribution in [0.2, 0.25) is 0 Å². The van der Waals surface area contributed by atoms with Crippen molar-refractivity contribution >= 4 is 5.91 Å². The molecule has 1 saturated heterocycles. The van der Waals surface area contributed by atoms with E-state index in [1.165, 1.54) is 0 Å². The van der Waals surface area contributed by atoms with E-state index in [0.717, 1.165) is 19.5 Å². The van der Waals surface area contributed by atoms with Gasteiger partial charge in [0.05, 0.1) is 14.2 Å². The van der Waals surface area contributed by atoms with E-state index < -0.39 is 0 Å². The molecule has 1 aromatic carbocycles. The van der Waals surface area contributed by atoms with Crippen LogP contribution in [0.5, 0.6) is 11.5 Å². The normalized spacial score (nSPS) is 18.4. The summed E-state index contributed by atoms with van der Waals surface area (Å²) in [5.74, 6) is 1.13. The quantitative estimate of drug-likeness (QED) is 0.829. The lowest BCUT2D eigenvalue weighted by atomic mass is 10.1. The van der Waals surface area contributed by atoms with Crippen LogP contribution in [-0.4, -0.2) is 39.3 Å². The molecule has 18 heavy (non-hydrogen) atoms. The third-order valence-corrected chi connectivity index (χ3v) is 3.01. The van der Waals surface area contributed by atoms with Crippen molar-refractivity contribution in [1.29, 1.82) is 0 Å². The summed E-state index contributed by atoms with van der Waals surface area (Å²) in [5.41, 5.74) is 0.554. The van der Waals surface area contributed by atoms with Crippen molar-refractivity contribution in [3.63, 3.8) is 0 Å². The molecule has 1 heterocycles. The average molecular weight is 250 g/mol. The Labute approximate surface area is 106 Å². The third-order valence-electron chi connectivity index (χ3n) is 3.01. The maximum Gasteiger partial charge on any atom is 0.251 e. The van der Waals surface area contributed by atoms with E-state index in [2.05, 4.69) is 10.6 Å². The van der Waals surface area contributed by atoms with E-state index in [-0.39, 0.29) is 11.9 Å². The minimum atomic E-state index is -0.0964. The highest BCUT2D eigenvalue weighted by Crippen LogP contribution is 2.22. The smallest absolute Gasteiger partial charge is 0.251 e. The lowest BCUT2D eigenvalue weighted by Crippen LogP contribution is -2.36. The van der Waals surface area contributed by atoms with Crippen molar-refractivity contribution in [1.82, 2.24) is 10.6 Å². The topological polar surface area (TPSA) is 59.6 Å². The summed E-state index contributed by atoms with van der Waals surface area (Å²) < 4.78 is 10.3. The van der Waals surface area contributed by atoms with Gasteiger partial charge in [-0.3, -0.25) is 4.79 Å². The fourth-order valence-electron chi connectivity index (χ4n) is 1.99. The van der Waals surface area contributed by atoms with E-state index in [4.69, 9.17) is 9.47 Å². The number of amides is 1. The van der Waals surface area contributed by atoms with E-state index in [1.54, 1.807) is 32.4 Å². The van der Waals surface area contributed by atoms with Gasteiger partial charge in [-0.1, -0.05) is 0 Å². The lowest BCUT2D eigenvalue weighted by molar-refractivity contribution is 0.0939. The monoisotopic (exact) mass is 250 g/mol. The Balaban J connectivity index is 2.12. The zero-order valence-corrected chi connectivity index (χ0v) is 10.7. The molecule has 2 rings (SSSR count). The molecule has 0 radical (unpaired) electrons. The van der Waals surface area contributed by atoms with Crippen molar-refractivity contribution in [2.45, 2.75) is 12.5 Å². The number of hydrogen-bond acceptors (Lipinski definition) is 4. The molecule has 1 amide bonds. The number of ether oxygens (including phenoxy) is 2. The first-order valence-electron chi connectivity index (χ1n) is 5.97. The second kappa shape index (κ2) is 5.73. The molecule has 98 valence electrons. The summed E-state index contributed by atoms with van der Waals surface area (Å²) in [6.07, 6.45) is 0.965. The van der Waals surface area contributed by atoms with Gasteiger partial charge in [-0.25, -0.2) is 0 Å². The molecule has 1 aliphatic heterocycles. The zero-order chi connectivity index (χ0) is 13.0. The number of rotatable bonds is 4. The van der Waals surface area contributed by atoms with Gasteiger partial charge in [0.15, 0.2) is 0 Å². The standard InChI is InChI=1S/C13H18N2O3/c1-17-11-5-9(6-12(7-11)18-2)13(16)15-10-3-4-14-8-10/h5-7,10,14H,3-4,8H2,1-2H3,(H,15,16)/t10-/m0/s1. The second-order valence-corrected chi connectivity index (χ2v) is 4.26. The number of nitrogens with one attached hydrogen (secondary N) is 2. The molecule has 0 bridgehead atoms.